The van der Waals surface area contributed by atoms with Crippen molar-refractivity contribution >= 4 is 17.6 Å². The van der Waals surface area contributed by atoms with Gasteiger partial charge in [0.25, 0.3) is 5.91 Å². The lowest BCUT2D eigenvalue weighted by molar-refractivity contribution is -0.140. The van der Waals surface area contributed by atoms with Crippen LogP contribution in [0.5, 0.6) is 11.5 Å². The maximum Gasteiger partial charge on any atom is 0.339 e. The highest BCUT2D eigenvalue weighted by Crippen LogP contribution is 2.29. The lowest BCUT2D eigenvalue weighted by atomic mass is 10.2. The van der Waals surface area contributed by atoms with Gasteiger partial charge in [-0.3, -0.25) is 4.79 Å². The summed E-state index contributed by atoms with van der Waals surface area (Å²) < 4.78 is 16.5. The number of anilines is 1. The van der Waals surface area contributed by atoms with E-state index in [1.807, 2.05) is 18.2 Å². The molecule has 3 rings (SSSR count). The summed E-state index contributed by atoms with van der Waals surface area (Å²) in [7, 11) is 1.53. The molecule has 0 aliphatic carbocycles. The molecule has 1 atom stereocenters. The van der Waals surface area contributed by atoms with E-state index in [1.165, 1.54) is 7.11 Å². The maximum absolute atomic E-state index is 12.8. The molecule has 2 aromatic rings. The number of para-hydroxylation sites is 1. The van der Waals surface area contributed by atoms with Gasteiger partial charge in [-0.15, -0.1) is 0 Å². The van der Waals surface area contributed by atoms with Gasteiger partial charge in [0.05, 0.1) is 19.3 Å². The van der Waals surface area contributed by atoms with Gasteiger partial charge in [-0.2, -0.15) is 0 Å². The number of unbranched alkanes of at least 4 members (excludes halogenated alkanes) is 1. The molecular formula is C25H32N2O5. The number of amides is 1. The zero-order valence-electron chi connectivity index (χ0n) is 19.1. The van der Waals surface area contributed by atoms with Gasteiger partial charge in [-0.05, 0) is 43.7 Å². The Hall–Kier alpha value is -3.22. The molecule has 172 valence electrons. The Morgan fingerprint density at radius 2 is 1.72 bits per heavy atom. The second-order valence-corrected chi connectivity index (χ2v) is 7.76. The van der Waals surface area contributed by atoms with Crippen LogP contribution in [-0.2, 0) is 9.53 Å². The summed E-state index contributed by atoms with van der Waals surface area (Å²) in [5, 5.41) is 0. The number of ether oxygens (including phenoxy) is 3. The van der Waals surface area contributed by atoms with Crippen LogP contribution in [0.4, 0.5) is 5.69 Å². The third-order valence-corrected chi connectivity index (χ3v) is 5.50. The SMILES string of the molecule is CCCCOc1ccc(C(=O)OC(C)C(=O)N2CCN(c3ccccc3)CC2)cc1OC. The lowest BCUT2D eigenvalue weighted by Gasteiger charge is -2.37. The summed E-state index contributed by atoms with van der Waals surface area (Å²) in [6.45, 7) is 6.95. The average Bonchev–Trinajstić information content (AvgIpc) is 2.84. The highest BCUT2D eigenvalue weighted by atomic mass is 16.5. The van der Waals surface area contributed by atoms with E-state index in [4.69, 9.17) is 14.2 Å². The highest BCUT2D eigenvalue weighted by Gasteiger charge is 2.28. The van der Waals surface area contributed by atoms with Crippen LogP contribution in [0, 0.1) is 0 Å². The van der Waals surface area contributed by atoms with Crippen molar-refractivity contribution in [2.24, 2.45) is 0 Å². The number of esters is 1. The summed E-state index contributed by atoms with van der Waals surface area (Å²) >= 11 is 0. The Labute approximate surface area is 189 Å². The average molecular weight is 441 g/mol. The molecule has 0 N–H and O–H groups in total. The van der Waals surface area contributed by atoms with Crippen molar-refractivity contribution in [3.05, 3.63) is 54.1 Å². The summed E-state index contributed by atoms with van der Waals surface area (Å²) in [4.78, 5) is 29.4. The molecule has 1 fully saturated rings. The Morgan fingerprint density at radius 3 is 2.38 bits per heavy atom. The van der Waals surface area contributed by atoms with Gasteiger partial charge in [0.2, 0.25) is 0 Å². The highest BCUT2D eigenvalue weighted by molar-refractivity contribution is 5.93. The standard InChI is InChI=1S/C25H32N2O5/c1-4-5-17-31-22-12-11-20(18-23(22)30-3)25(29)32-19(2)24(28)27-15-13-26(14-16-27)21-9-7-6-8-10-21/h6-12,18-19H,4-5,13-17H2,1-3H3. The molecule has 1 unspecified atom stereocenters. The van der Waals surface area contributed by atoms with Gasteiger partial charge in [0.1, 0.15) is 0 Å². The van der Waals surface area contributed by atoms with Crippen LogP contribution in [0.1, 0.15) is 37.0 Å². The van der Waals surface area contributed by atoms with Crippen molar-refractivity contribution in [3.8, 4) is 11.5 Å². The lowest BCUT2D eigenvalue weighted by Crippen LogP contribution is -2.51. The Kier molecular flexibility index (Phi) is 8.36. The van der Waals surface area contributed by atoms with Crippen LogP contribution < -0.4 is 14.4 Å². The van der Waals surface area contributed by atoms with E-state index in [2.05, 4.69) is 24.0 Å². The molecule has 0 radical (unpaired) electrons. The number of nitrogens with zero attached hydrogens (tertiary/aromatic N) is 2. The predicted octanol–water partition coefficient (Wildman–Crippen LogP) is 3.77. The molecular weight excluding hydrogens is 408 g/mol. The first-order valence-electron chi connectivity index (χ1n) is 11.1. The Morgan fingerprint density at radius 1 is 1.00 bits per heavy atom. The van der Waals surface area contributed by atoms with E-state index in [0.717, 1.165) is 31.6 Å². The number of piperazine rings is 1. The van der Waals surface area contributed by atoms with Crippen LogP contribution in [0.15, 0.2) is 48.5 Å². The third-order valence-electron chi connectivity index (χ3n) is 5.50. The predicted molar refractivity (Wildman–Crippen MR) is 124 cm³/mol. The molecule has 7 nitrogen and oxygen atoms in total. The van der Waals surface area contributed by atoms with Gasteiger partial charge in [0, 0.05) is 31.9 Å². The van der Waals surface area contributed by atoms with Crippen molar-refractivity contribution in [3.63, 3.8) is 0 Å². The van der Waals surface area contributed by atoms with Gasteiger partial charge in [0.15, 0.2) is 17.6 Å². The molecule has 0 spiro atoms. The van der Waals surface area contributed by atoms with Crippen LogP contribution >= 0.6 is 0 Å². The number of methoxy groups -OCH3 is 1. The van der Waals surface area contributed by atoms with Gasteiger partial charge >= 0.3 is 5.97 Å². The fourth-order valence-corrected chi connectivity index (χ4v) is 3.60. The minimum Gasteiger partial charge on any atom is -0.493 e. The van der Waals surface area contributed by atoms with Crippen molar-refractivity contribution in [2.45, 2.75) is 32.8 Å². The zero-order valence-corrected chi connectivity index (χ0v) is 19.1. The van der Waals surface area contributed by atoms with E-state index in [0.29, 0.717) is 36.8 Å². The molecule has 0 aromatic heterocycles. The zero-order chi connectivity index (χ0) is 22.9. The minimum atomic E-state index is -0.864. The number of rotatable bonds is 9. The first kappa shape index (κ1) is 23.4. The molecule has 1 saturated heterocycles. The summed E-state index contributed by atoms with van der Waals surface area (Å²) in [6, 6.07) is 15.0. The van der Waals surface area contributed by atoms with Crippen molar-refractivity contribution < 1.29 is 23.8 Å². The fraction of sp³-hybridized carbons (Fsp3) is 0.440. The summed E-state index contributed by atoms with van der Waals surface area (Å²) in [5.74, 6) is 0.300. The smallest absolute Gasteiger partial charge is 0.339 e. The Balaban J connectivity index is 1.54. The van der Waals surface area contributed by atoms with Crippen LogP contribution in [0.3, 0.4) is 0 Å². The fourth-order valence-electron chi connectivity index (χ4n) is 3.60. The Bertz CT molecular complexity index is 894. The number of benzene rings is 2. The number of hydrogen-bond acceptors (Lipinski definition) is 6. The number of hydrogen-bond donors (Lipinski definition) is 0. The second-order valence-electron chi connectivity index (χ2n) is 7.76. The largest absolute Gasteiger partial charge is 0.493 e. The molecule has 1 amide bonds. The van der Waals surface area contributed by atoms with E-state index < -0.39 is 12.1 Å². The van der Waals surface area contributed by atoms with Crippen LogP contribution in [0.2, 0.25) is 0 Å². The van der Waals surface area contributed by atoms with E-state index in [-0.39, 0.29) is 5.91 Å². The molecule has 32 heavy (non-hydrogen) atoms. The molecule has 1 aliphatic heterocycles. The van der Waals surface area contributed by atoms with Crippen molar-refractivity contribution in [1.29, 1.82) is 0 Å². The summed E-state index contributed by atoms with van der Waals surface area (Å²) in [6.07, 6.45) is 1.10. The van der Waals surface area contributed by atoms with Crippen molar-refractivity contribution in [2.75, 3.05) is 44.8 Å². The molecule has 0 bridgehead atoms. The van der Waals surface area contributed by atoms with Crippen molar-refractivity contribution in [1.82, 2.24) is 4.90 Å². The third kappa shape index (κ3) is 5.93. The number of carbonyl (C=O) groups is 2. The number of carbonyl (C=O) groups excluding carboxylic acids is 2. The monoisotopic (exact) mass is 440 g/mol. The molecule has 1 aliphatic rings. The summed E-state index contributed by atoms with van der Waals surface area (Å²) in [5.41, 5.74) is 1.47. The topological polar surface area (TPSA) is 68.3 Å². The maximum atomic E-state index is 12.8. The second kappa shape index (κ2) is 11.4. The molecule has 1 heterocycles. The first-order chi connectivity index (χ1) is 15.5. The van der Waals surface area contributed by atoms with E-state index in [1.54, 1.807) is 30.0 Å². The van der Waals surface area contributed by atoms with Crippen LogP contribution in [-0.4, -0.2) is 62.8 Å². The molecule has 7 heteroatoms. The normalized spacial score (nSPS) is 14.6. The van der Waals surface area contributed by atoms with E-state index >= 15 is 0 Å². The van der Waals surface area contributed by atoms with Gasteiger partial charge < -0.3 is 24.0 Å². The molecule has 0 saturated carbocycles. The van der Waals surface area contributed by atoms with Gasteiger partial charge in [-0.1, -0.05) is 31.5 Å². The first-order valence-corrected chi connectivity index (χ1v) is 11.1. The van der Waals surface area contributed by atoms with Gasteiger partial charge in [-0.25, -0.2) is 4.79 Å². The molecule has 2 aromatic carbocycles. The quantitative estimate of drug-likeness (QED) is 0.437. The van der Waals surface area contributed by atoms with E-state index in [9.17, 15) is 9.59 Å². The minimum absolute atomic E-state index is 0.183. The van der Waals surface area contributed by atoms with Crippen LogP contribution in [0.25, 0.3) is 0 Å².